The molecule has 1 aromatic carbocycles. The number of nitrogens with zero attached hydrogens (tertiary/aromatic N) is 1. The molecule has 100 valence electrons. The van der Waals surface area contributed by atoms with Gasteiger partial charge in [-0.25, -0.2) is 0 Å². The first-order chi connectivity index (χ1) is 9.11. The molecule has 19 heavy (non-hydrogen) atoms. The van der Waals surface area contributed by atoms with Crippen LogP contribution in [0.1, 0.15) is 17.4 Å². The summed E-state index contributed by atoms with van der Waals surface area (Å²) in [6, 6.07) is 8.69. The molecular formula is C14H13Cl2NO2. The zero-order valence-electron chi connectivity index (χ0n) is 10.3. The Morgan fingerprint density at radius 1 is 1.32 bits per heavy atom. The summed E-state index contributed by atoms with van der Waals surface area (Å²) in [7, 11) is 1.58. The Bertz CT molecular complexity index is 575. The van der Waals surface area contributed by atoms with E-state index in [9.17, 15) is 5.11 Å². The Morgan fingerprint density at radius 3 is 2.79 bits per heavy atom. The van der Waals surface area contributed by atoms with E-state index in [2.05, 4.69) is 4.98 Å². The first kappa shape index (κ1) is 14.1. The fourth-order valence-electron chi connectivity index (χ4n) is 1.85. The Labute approximate surface area is 121 Å². The third-order valence-corrected chi connectivity index (χ3v) is 3.31. The van der Waals surface area contributed by atoms with Crippen molar-refractivity contribution >= 4 is 23.2 Å². The van der Waals surface area contributed by atoms with Crippen LogP contribution in [0.15, 0.2) is 36.5 Å². The predicted molar refractivity (Wildman–Crippen MR) is 75.9 cm³/mol. The van der Waals surface area contributed by atoms with Crippen molar-refractivity contribution in [2.45, 2.75) is 12.5 Å². The van der Waals surface area contributed by atoms with Crippen LogP contribution in [-0.4, -0.2) is 17.2 Å². The van der Waals surface area contributed by atoms with Crippen LogP contribution in [0.5, 0.6) is 5.75 Å². The van der Waals surface area contributed by atoms with Crippen LogP contribution in [0.4, 0.5) is 0 Å². The minimum Gasteiger partial charge on any atom is -0.496 e. The molecule has 1 aromatic heterocycles. The number of hydrogen-bond donors (Lipinski definition) is 1. The van der Waals surface area contributed by atoms with Crippen molar-refractivity contribution in [3.63, 3.8) is 0 Å². The molecule has 0 fully saturated rings. The topological polar surface area (TPSA) is 42.4 Å². The largest absolute Gasteiger partial charge is 0.496 e. The number of pyridine rings is 1. The van der Waals surface area contributed by atoms with Crippen LogP contribution >= 0.6 is 23.2 Å². The average Bonchev–Trinajstić information content (AvgIpc) is 2.39. The van der Waals surface area contributed by atoms with E-state index in [-0.39, 0.29) is 0 Å². The molecule has 2 rings (SSSR count). The van der Waals surface area contributed by atoms with Gasteiger partial charge in [0.1, 0.15) is 11.9 Å². The van der Waals surface area contributed by atoms with E-state index in [4.69, 9.17) is 27.9 Å². The van der Waals surface area contributed by atoms with E-state index < -0.39 is 6.10 Å². The maximum atomic E-state index is 10.2. The summed E-state index contributed by atoms with van der Waals surface area (Å²) in [6.45, 7) is 0. The van der Waals surface area contributed by atoms with Crippen molar-refractivity contribution in [2.75, 3.05) is 7.11 Å². The van der Waals surface area contributed by atoms with Crippen molar-refractivity contribution < 1.29 is 9.84 Å². The summed E-state index contributed by atoms with van der Waals surface area (Å²) in [5.41, 5.74) is 1.26. The number of aliphatic hydroxyl groups excluding tert-OH is 1. The van der Waals surface area contributed by atoms with Gasteiger partial charge in [0.2, 0.25) is 0 Å². The average molecular weight is 298 g/mol. The Kier molecular flexibility index (Phi) is 4.64. The lowest BCUT2D eigenvalue weighted by molar-refractivity contribution is 0.172. The quantitative estimate of drug-likeness (QED) is 0.936. The molecule has 0 amide bonds. The Morgan fingerprint density at radius 2 is 2.11 bits per heavy atom. The summed E-state index contributed by atoms with van der Waals surface area (Å²) < 4.78 is 5.24. The van der Waals surface area contributed by atoms with Gasteiger partial charge in [-0.3, -0.25) is 4.98 Å². The molecule has 3 nitrogen and oxygen atoms in total. The lowest BCUT2D eigenvalue weighted by Crippen LogP contribution is -2.06. The number of aromatic nitrogens is 1. The van der Waals surface area contributed by atoms with Gasteiger partial charge in [-0.2, -0.15) is 0 Å². The van der Waals surface area contributed by atoms with Gasteiger partial charge in [-0.15, -0.1) is 0 Å². The molecule has 2 aromatic rings. The SMILES string of the molecule is COc1ccc(Cl)cc1CC(O)c1ncccc1Cl. The Balaban J connectivity index is 2.26. The van der Waals surface area contributed by atoms with Crippen molar-refractivity contribution in [1.29, 1.82) is 0 Å². The van der Waals surface area contributed by atoms with Gasteiger partial charge < -0.3 is 9.84 Å². The number of halogens is 2. The highest BCUT2D eigenvalue weighted by molar-refractivity contribution is 6.31. The van der Waals surface area contributed by atoms with Gasteiger partial charge in [-0.05, 0) is 35.9 Å². The smallest absolute Gasteiger partial charge is 0.122 e. The number of rotatable bonds is 4. The number of hydrogen-bond acceptors (Lipinski definition) is 3. The summed E-state index contributed by atoms with van der Waals surface area (Å²) >= 11 is 12.0. The van der Waals surface area contributed by atoms with Crippen molar-refractivity contribution in [3.05, 3.63) is 57.8 Å². The highest BCUT2D eigenvalue weighted by atomic mass is 35.5. The minimum absolute atomic E-state index is 0.334. The molecule has 1 atom stereocenters. The number of aliphatic hydroxyl groups is 1. The van der Waals surface area contributed by atoms with Crippen molar-refractivity contribution in [3.8, 4) is 5.75 Å². The first-order valence-electron chi connectivity index (χ1n) is 5.72. The highest BCUT2D eigenvalue weighted by Crippen LogP contribution is 2.29. The fourth-order valence-corrected chi connectivity index (χ4v) is 2.30. The van der Waals surface area contributed by atoms with E-state index in [0.29, 0.717) is 27.9 Å². The second kappa shape index (κ2) is 6.24. The molecule has 1 N–H and O–H groups in total. The predicted octanol–water partition coefficient (Wildman–Crippen LogP) is 3.67. The second-order valence-electron chi connectivity index (χ2n) is 4.05. The van der Waals surface area contributed by atoms with Crippen LogP contribution in [0.2, 0.25) is 10.0 Å². The maximum Gasteiger partial charge on any atom is 0.122 e. The van der Waals surface area contributed by atoms with Crippen LogP contribution in [0, 0.1) is 0 Å². The summed E-state index contributed by atoms with van der Waals surface area (Å²) in [4.78, 5) is 4.10. The standard InChI is InChI=1S/C14H13Cl2NO2/c1-19-13-5-4-10(15)7-9(13)8-12(18)14-11(16)3-2-6-17-14/h2-7,12,18H,8H2,1H3. The lowest BCUT2D eigenvalue weighted by atomic mass is 10.0. The van der Waals surface area contributed by atoms with Gasteiger partial charge >= 0.3 is 0 Å². The van der Waals surface area contributed by atoms with Gasteiger partial charge in [0.15, 0.2) is 0 Å². The second-order valence-corrected chi connectivity index (χ2v) is 4.89. The van der Waals surface area contributed by atoms with Gasteiger partial charge in [0.25, 0.3) is 0 Å². The number of benzene rings is 1. The molecule has 0 spiro atoms. The lowest BCUT2D eigenvalue weighted by Gasteiger charge is -2.14. The molecule has 5 heteroatoms. The molecule has 0 saturated carbocycles. The summed E-state index contributed by atoms with van der Waals surface area (Å²) in [5, 5.41) is 11.3. The van der Waals surface area contributed by atoms with E-state index in [1.165, 1.54) is 0 Å². The monoisotopic (exact) mass is 297 g/mol. The molecule has 0 aliphatic carbocycles. The number of ether oxygens (including phenoxy) is 1. The molecule has 0 radical (unpaired) electrons. The van der Waals surface area contributed by atoms with E-state index in [1.54, 1.807) is 43.6 Å². The van der Waals surface area contributed by atoms with E-state index in [0.717, 1.165) is 5.56 Å². The Hall–Kier alpha value is -1.29. The van der Waals surface area contributed by atoms with E-state index in [1.807, 2.05) is 0 Å². The summed E-state index contributed by atoms with van der Waals surface area (Å²) in [5.74, 6) is 0.676. The van der Waals surface area contributed by atoms with Crippen LogP contribution in [0.3, 0.4) is 0 Å². The zero-order valence-corrected chi connectivity index (χ0v) is 11.8. The van der Waals surface area contributed by atoms with Gasteiger partial charge in [0, 0.05) is 17.6 Å². The van der Waals surface area contributed by atoms with E-state index >= 15 is 0 Å². The highest BCUT2D eigenvalue weighted by Gasteiger charge is 2.16. The molecular weight excluding hydrogens is 285 g/mol. The van der Waals surface area contributed by atoms with Gasteiger partial charge in [0.05, 0.1) is 17.8 Å². The molecule has 0 aliphatic heterocycles. The molecule has 1 unspecified atom stereocenters. The third kappa shape index (κ3) is 3.38. The molecule has 0 aliphatic rings. The first-order valence-corrected chi connectivity index (χ1v) is 6.48. The molecule has 1 heterocycles. The maximum absolute atomic E-state index is 10.2. The minimum atomic E-state index is -0.805. The third-order valence-electron chi connectivity index (χ3n) is 2.76. The molecule has 0 saturated heterocycles. The van der Waals surface area contributed by atoms with Crippen LogP contribution in [0.25, 0.3) is 0 Å². The van der Waals surface area contributed by atoms with Crippen LogP contribution in [-0.2, 0) is 6.42 Å². The summed E-state index contributed by atoms with van der Waals surface area (Å²) in [6.07, 6.45) is 1.13. The molecule has 0 bridgehead atoms. The van der Waals surface area contributed by atoms with Gasteiger partial charge in [-0.1, -0.05) is 23.2 Å². The zero-order chi connectivity index (χ0) is 13.8. The van der Waals surface area contributed by atoms with Crippen molar-refractivity contribution in [2.24, 2.45) is 0 Å². The van der Waals surface area contributed by atoms with Crippen LogP contribution < -0.4 is 4.74 Å². The normalized spacial score (nSPS) is 12.2. The fraction of sp³-hybridized carbons (Fsp3) is 0.214. The van der Waals surface area contributed by atoms with Crippen molar-refractivity contribution in [1.82, 2.24) is 4.98 Å². The number of methoxy groups -OCH3 is 1.